The maximum absolute atomic E-state index is 13.3. The van der Waals surface area contributed by atoms with Crippen LogP contribution in [-0.4, -0.2) is 39.6 Å². The number of aromatic hydroxyl groups is 2. The van der Waals surface area contributed by atoms with Crippen molar-refractivity contribution in [1.29, 1.82) is 0 Å². The smallest absolute Gasteiger partial charge is 0.309 e. The Labute approximate surface area is 170 Å². The Morgan fingerprint density at radius 2 is 1.67 bits per heavy atom. The van der Waals surface area contributed by atoms with Crippen LogP contribution < -0.4 is 0 Å². The van der Waals surface area contributed by atoms with Gasteiger partial charge in [-0.1, -0.05) is 18.2 Å². The molecule has 1 aliphatic carbocycles. The number of fused-ring (bicyclic) bond motifs is 5. The van der Waals surface area contributed by atoms with Gasteiger partial charge in [0.2, 0.25) is 0 Å². The second-order valence-electron chi connectivity index (χ2n) is 7.65. The van der Waals surface area contributed by atoms with Gasteiger partial charge in [-0.2, -0.15) is 0 Å². The number of ether oxygens (including phenoxy) is 2. The predicted octanol–water partition coefficient (Wildman–Crippen LogP) is 2.52. The maximum Gasteiger partial charge on any atom is 0.309 e. The second kappa shape index (κ2) is 5.99. The van der Waals surface area contributed by atoms with Gasteiger partial charge >= 0.3 is 5.97 Å². The molecule has 0 saturated carbocycles. The van der Waals surface area contributed by atoms with Crippen molar-refractivity contribution in [3.63, 3.8) is 0 Å². The largest absolute Gasteiger partial charge is 0.507 e. The van der Waals surface area contributed by atoms with Crippen molar-refractivity contribution < 1.29 is 38.9 Å². The van der Waals surface area contributed by atoms with Crippen LogP contribution in [-0.2, 0) is 14.3 Å². The number of phenolic OH excluding ortho intramolecular Hbond substituents is 2. The van der Waals surface area contributed by atoms with Crippen LogP contribution >= 0.6 is 0 Å². The van der Waals surface area contributed by atoms with Crippen molar-refractivity contribution in [2.45, 2.75) is 38.6 Å². The number of hydrogen-bond acceptors (Lipinski definition) is 8. The fourth-order valence-corrected chi connectivity index (χ4v) is 4.67. The van der Waals surface area contributed by atoms with E-state index in [0.717, 1.165) is 0 Å². The molecule has 3 aliphatic rings. The number of carbonyl (C=O) groups excluding carboxylic acids is 4. The summed E-state index contributed by atoms with van der Waals surface area (Å²) in [5, 5.41) is 22.1. The highest BCUT2D eigenvalue weighted by molar-refractivity contribution is 6.32. The van der Waals surface area contributed by atoms with E-state index in [2.05, 4.69) is 0 Å². The molecule has 2 heterocycles. The van der Waals surface area contributed by atoms with Gasteiger partial charge in [-0.25, -0.2) is 0 Å². The standard InChI is InChI=1S/C22H16O8/c1-7(23)9-4-3-5-10-14(9)20(27)16-15(18(10)25)21(28)17-13(19(16)26)8(2)29-11-6-12(24)30-22(11)17/h3-5,8,11,22,26,28H,6H2,1-2H3/t8-,11-,22+/m0/s1. The van der Waals surface area contributed by atoms with Crippen molar-refractivity contribution in [2.75, 3.05) is 0 Å². The molecule has 3 atom stereocenters. The summed E-state index contributed by atoms with van der Waals surface area (Å²) in [5.74, 6) is -3.41. The van der Waals surface area contributed by atoms with E-state index in [9.17, 15) is 29.4 Å². The summed E-state index contributed by atoms with van der Waals surface area (Å²) >= 11 is 0. The minimum atomic E-state index is -0.993. The van der Waals surface area contributed by atoms with Gasteiger partial charge < -0.3 is 19.7 Å². The molecular formula is C22H16O8. The fourth-order valence-electron chi connectivity index (χ4n) is 4.67. The third-order valence-corrected chi connectivity index (χ3v) is 5.93. The highest BCUT2D eigenvalue weighted by Crippen LogP contribution is 2.54. The molecule has 8 heteroatoms. The molecule has 2 aromatic carbocycles. The zero-order valence-corrected chi connectivity index (χ0v) is 16.0. The van der Waals surface area contributed by atoms with Crippen molar-refractivity contribution >= 4 is 23.3 Å². The van der Waals surface area contributed by atoms with Crippen LogP contribution in [0.1, 0.15) is 85.8 Å². The lowest BCUT2D eigenvalue weighted by molar-refractivity contribution is -0.143. The van der Waals surface area contributed by atoms with Gasteiger partial charge in [0, 0.05) is 27.8 Å². The molecule has 8 nitrogen and oxygen atoms in total. The molecule has 1 fully saturated rings. The summed E-state index contributed by atoms with van der Waals surface area (Å²) in [5.41, 5.74) is -0.653. The predicted molar refractivity (Wildman–Crippen MR) is 99.8 cm³/mol. The normalized spacial score (nSPS) is 23.9. The van der Waals surface area contributed by atoms with Gasteiger partial charge in [-0.05, 0) is 13.8 Å². The fraction of sp³-hybridized carbons (Fsp3) is 0.273. The Balaban J connectivity index is 1.83. The van der Waals surface area contributed by atoms with E-state index in [4.69, 9.17) is 9.47 Å². The number of esters is 1. The zero-order valence-electron chi connectivity index (χ0n) is 16.0. The molecule has 0 bridgehead atoms. The zero-order chi connectivity index (χ0) is 21.5. The van der Waals surface area contributed by atoms with Crippen molar-refractivity contribution in [3.05, 3.63) is 57.1 Å². The third-order valence-electron chi connectivity index (χ3n) is 5.93. The van der Waals surface area contributed by atoms with Gasteiger partial charge in [0.15, 0.2) is 23.5 Å². The van der Waals surface area contributed by atoms with Gasteiger partial charge in [0.25, 0.3) is 0 Å². The molecule has 152 valence electrons. The van der Waals surface area contributed by atoms with Crippen LogP contribution in [0.5, 0.6) is 11.5 Å². The Morgan fingerprint density at radius 1 is 1.00 bits per heavy atom. The molecule has 2 aliphatic heterocycles. The Kier molecular flexibility index (Phi) is 3.70. The summed E-state index contributed by atoms with van der Waals surface area (Å²) in [7, 11) is 0. The number of ketones is 3. The van der Waals surface area contributed by atoms with Crippen LogP contribution in [0.4, 0.5) is 0 Å². The van der Waals surface area contributed by atoms with Crippen molar-refractivity contribution in [3.8, 4) is 11.5 Å². The molecule has 0 amide bonds. The van der Waals surface area contributed by atoms with E-state index in [-0.39, 0.29) is 45.4 Å². The molecule has 1 saturated heterocycles. The first-order valence-corrected chi connectivity index (χ1v) is 9.42. The van der Waals surface area contributed by atoms with Crippen LogP contribution in [0.2, 0.25) is 0 Å². The molecular weight excluding hydrogens is 392 g/mol. The van der Waals surface area contributed by atoms with Crippen LogP contribution in [0.15, 0.2) is 18.2 Å². The summed E-state index contributed by atoms with van der Waals surface area (Å²) in [4.78, 5) is 50.4. The lowest BCUT2D eigenvalue weighted by Crippen LogP contribution is -2.30. The molecule has 0 unspecified atom stereocenters. The highest BCUT2D eigenvalue weighted by Gasteiger charge is 2.49. The first-order chi connectivity index (χ1) is 14.2. The minimum Gasteiger partial charge on any atom is -0.507 e. The molecule has 30 heavy (non-hydrogen) atoms. The lowest BCUT2D eigenvalue weighted by Gasteiger charge is -2.34. The first-order valence-electron chi connectivity index (χ1n) is 9.42. The Morgan fingerprint density at radius 3 is 2.37 bits per heavy atom. The number of rotatable bonds is 1. The van der Waals surface area contributed by atoms with Crippen molar-refractivity contribution in [1.82, 2.24) is 0 Å². The Bertz CT molecular complexity index is 1210. The van der Waals surface area contributed by atoms with Gasteiger partial charge in [-0.15, -0.1) is 0 Å². The molecule has 5 rings (SSSR count). The second-order valence-corrected chi connectivity index (χ2v) is 7.65. The summed E-state index contributed by atoms with van der Waals surface area (Å²) in [6, 6.07) is 4.30. The number of carbonyl (C=O) groups is 4. The average Bonchev–Trinajstić information content (AvgIpc) is 3.06. The first kappa shape index (κ1) is 18.5. The Hall–Kier alpha value is -3.52. The van der Waals surface area contributed by atoms with Gasteiger partial charge in [-0.3, -0.25) is 19.2 Å². The van der Waals surface area contributed by atoms with Crippen LogP contribution in [0, 0.1) is 0 Å². The van der Waals surface area contributed by atoms with Crippen molar-refractivity contribution in [2.24, 2.45) is 0 Å². The van der Waals surface area contributed by atoms with E-state index in [1.165, 1.54) is 25.1 Å². The van der Waals surface area contributed by atoms with Gasteiger partial charge in [0.05, 0.1) is 23.7 Å². The SMILES string of the molecule is CC(=O)c1cccc2c1C(=O)c1c(O)c3c(c(O)c1C2=O)[C@@H]1OC(=O)C[C@@H]1O[C@H]3C. The molecule has 2 N–H and O–H groups in total. The quantitative estimate of drug-likeness (QED) is 0.357. The summed E-state index contributed by atoms with van der Waals surface area (Å²) < 4.78 is 11.0. The number of hydrogen-bond donors (Lipinski definition) is 2. The number of phenols is 2. The molecule has 0 radical (unpaired) electrons. The molecule has 0 spiro atoms. The average molecular weight is 408 g/mol. The lowest BCUT2D eigenvalue weighted by atomic mass is 9.76. The number of benzene rings is 2. The van der Waals surface area contributed by atoms with Crippen LogP contribution in [0.25, 0.3) is 0 Å². The van der Waals surface area contributed by atoms with E-state index in [0.29, 0.717) is 0 Å². The summed E-state index contributed by atoms with van der Waals surface area (Å²) in [6.45, 7) is 2.88. The monoisotopic (exact) mass is 408 g/mol. The highest BCUT2D eigenvalue weighted by atomic mass is 16.6. The van der Waals surface area contributed by atoms with Crippen LogP contribution in [0.3, 0.4) is 0 Å². The minimum absolute atomic E-state index is 0.0244. The van der Waals surface area contributed by atoms with E-state index in [1.54, 1.807) is 6.92 Å². The number of Topliss-reactive ketones (excluding diaryl/α,β-unsaturated/α-hetero) is 1. The molecule has 2 aromatic rings. The van der Waals surface area contributed by atoms with Gasteiger partial charge in [0.1, 0.15) is 17.6 Å². The third kappa shape index (κ3) is 2.19. The van der Waals surface area contributed by atoms with E-state index < -0.39 is 53.1 Å². The molecule has 0 aromatic heterocycles. The van der Waals surface area contributed by atoms with E-state index in [1.807, 2.05) is 0 Å². The van der Waals surface area contributed by atoms with E-state index >= 15 is 0 Å². The summed E-state index contributed by atoms with van der Waals surface area (Å²) in [6.07, 6.45) is -2.45. The topological polar surface area (TPSA) is 127 Å². The maximum atomic E-state index is 13.3.